The maximum Gasteiger partial charge on any atom is 0.249 e. The maximum absolute atomic E-state index is 12.7. The summed E-state index contributed by atoms with van der Waals surface area (Å²) in [6.45, 7) is 4.67. The van der Waals surface area contributed by atoms with Gasteiger partial charge in [0.15, 0.2) is 0 Å². The van der Waals surface area contributed by atoms with Gasteiger partial charge in [0.05, 0.1) is 23.7 Å². The van der Waals surface area contributed by atoms with Crippen LogP contribution in [0.2, 0.25) is 5.02 Å². The summed E-state index contributed by atoms with van der Waals surface area (Å²) in [5.74, 6) is 1.55. The molecule has 0 fully saturated rings. The van der Waals surface area contributed by atoms with Crippen molar-refractivity contribution in [3.8, 4) is 17.2 Å². The summed E-state index contributed by atoms with van der Waals surface area (Å²) in [5, 5.41) is 8.69. The molecule has 0 radical (unpaired) electrons. The summed E-state index contributed by atoms with van der Waals surface area (Å²) in [4.78, 5) is 14.4. The lowest BCUT2D eigenvalue weighted by Crippen LogP contribution is -2.36. The molecule has 0 N–H and O–H groups in total. The van der Waals surface area contributed by atoms with Crippen molar-refractivity contribution in [2.24, 2.45) is 0 Å². The fraction of sp³-hybridized carbons (Fsp3) is 0.318. The Morgan fingerprint density at radius 2 is 1.83 bits per heavy atom. The van der Waals surface area contributed by atoms with Crippen molar-refractivity contribution in [3.05, 3.63) is 65.5 Å². The van der Waals surface area contributed by atoms with E-state index in [4.69, 9.17) is 20.8 Å². The zero-order valence-corrected chi connectivity index (χ0v) is 17.3. The molecule has 0 unspecified atom stereocenters. The number of nitrogens with zero attached hydrogens (tertiary/aromatic N) is 3. The third-order valence-corrected chi connectivity index (χ3v) is 4.70. The highest BCUT2D eigenvalue weighted by Gasteiger charge is 2.21. The first kappa shape index (κ1) is 20.9. The number of ether oxygens (including phenoxy) is 1. The third kappa shape index (κ3) is 5.81. The normalized spacial score (nSPS) is 10.9. The van der Waals surface area contributed by atoms with Gasteiger partial charge in [-0.25, -0.2) is 0 Å². The van der Waals surface area contributed by atoms with Crippen LogP contribution >= 0.6 is 11.6 Å². The molecule has 0 saturated carbocycles. The first-order chi connectivity index (χ1) is 14.0. The quantitative estimate of drug-likeness (QED) is 0.462. The van der Waals surface area contributed by atoms with E-state index in [1.165, 1.54) is 0 Å². The van der Waals surface area contributed by atoms with Gasteiger partial charge in [-0.15, -0.1) is 10.2 Å². The molecule has 0 aliphatic carbocycles. The molecule has 3 rings (SSSR count). The number of benzene rings is 2. The second-order valence-electron chi connectivity index (χ2n) is 6.86. The van der Waals surface area contributed by atoms with E-state index in [0.29, 0.717) is 41.8 Å². The summed E-state index contributed by atoms with van der Waals surface area (Å²) in [6.07, 6.45) is 1.02. The summed E-state index contributed by atoms with van der Waals surface area (Å²) < 4.78 is 11.4. The van der Waals surface area contributed by atoms with Gasteiger partial charge in [0, 0.05) is 12.5 Å². The molecule has 0 aliphatic heterocycles. The van der Waals surface area contributed by atoms with Crippen LogP contribution in [0.15, 0.2) is 59.0 Å². The summed E-state index contributed by atoms with van der Waals surface area (Å²) >= 11 is 6.19. The molecule has 0 spiro atoms. The first-order valence-corrected chi connectivity index (χ1v) is 9.97. The molecule has 0 bridgehead atoms. The molecule has 7 heteroatoms. The van der Waals surface area contributed by atoms with Crippen LogP contribution < -0.4 is 4.74 Å². The molecule has 0 atom stereocenters. The number of hydrogen-bond acceptors (Lipinski definition) is 5. The van der Waals surface area contributed by atoms with Gasteiger partial charge < -0.3 is 14.1 Å². The van der Waals surface area contributed by atoms with Crippen LogP contribution in [0.25, 0.3) is 11.5 Å². The van der Waals surface area contributed by atoms with Crippen molar-refractivity contribution in [2.45, 2.75) is 39.3 Å². The van der Waals surface area contributed by atoms with E-state index >= 15 is 0 Å². The highest BCUT2D eigenvalue weighted by Crippen LogP contribution is 2.26. The average Bonchev–Trinajstić information content (AvgIpc) is 3.18. The highest BCUT2D eigenvalue weighted by molar-refractivity contribution is 6.33. The lowest BCUT2D eigenvalue weighted by molar-refractivity contribution is -0.134. The van der Waals surface area contributed by atoms with Crippen LogP contribution in [-0.4, -0.2) is 33.7 Å². The minimum absolute atomic E-state index is 0.00760. The lowest BCUT2D eigenvalue weighted by atomic mass is 10.2. The van der Waals surface area contributed by atoms with Crippen LogP contribution in [0.5, 0.6) is 5.75 Å². The standard InChI is InChI=1S/C22H24ClN3O3/c1-16(2)26(21(27)13-8-14-28-17-9-4-3-5-10-17)15-20-24-25-22(29-20)18-11-6-7-12-19(18)23/h3-7,9-12,16H,8,13-15H2,1-2H3. The predicted octanol–water partition coefficient (Wildman–Crippen LogP) is 4.99. The smallest absolute Gasteiger partial charge is 0.249 e. The minimum Gasteiger partial charge on any atom is -0.494 e. The van der Waals surface area contributed by atoms with Gasteiger partial charge >= 0.3 is 0 Å². The van der Waals surface area contributed by atoms with E-state index in [1.807, 2.05) is 62.4 Å². The second kappa shape index (κ2) is 10.1. The molecule has 0 aliphatic rings. The number of amides is 1. The van der Waals surface area contributed by atoms with Crippen molar-refractivity contribution in [3.63, 3.8) is 0 Å². The SMILES string of the molecule is CC(C)N(Cc1nnc(-c2ccccc2Cl)o1)C(=O)CCCOc1ccccc1. The van der Waals surface area contributed by atoms with Crippen LogP contribution in [0.3, 0.4) is 0 Å². The van der Waals surface area contributed by atoms with E-state index in [-0.39, 0.29) is 18.5 Å². The summed E-state index contributed by atoms with van der Waals surface area (Å²) in [7, 11) is 0. The number of para-hydroxylation sites is 1. The van der Waals surface area contributed by atoms with Gasteiger partial charge in [-0.3, -0.25) is 4.79 Å². The molecule has 6 nitrogen and oxygen atoms in total. The largest absolute Gasteiger partial charge is 0.494 e. The van der Waals surface area contributed by atoms with E-state index < -0.39 is 0 Å². The fourth-order valence-corrected chi connectivity index (χ4v) is 3.06. The Kier molecular flexibility index (Phi) is 7.25. The van der Waals surface area contributed by atoms with Gasteiger partial charge in [0.2, 0.25) is 17.7 Å². The first-order valence-electron chi connectivity index (χ1n) is 9.59. The fourth-order valence-electron chi connectivity index (χ4n) is 2.84. The number of aromatic nitrogens is 2. The lowest BCUT2D eigenvalue weighted by Gasteiger charge is -2.25. The average molecular weight is 414 g/mol. The van der Waals surface area contributed by atoms with Gasteiger partial charge in [-0.1, -0.05) is 41.9 Å². The van der Waals surface area contributed by atoms with Gasteiger partial charge in [-0.05, 0) is 44.5 Å². The predicted molar refractivity (Wildman–Crippen MR) is 112 cm³/mol. The molecule has 29 heavy (non-hydrogen) atoms. The maximum atomic E-state index is 12.7. The van der Waals surface area contributed by atoms with E-state index in [1.54, 1.807) is 11.0 Å². The molecule has 1 amide bonds. The van der Waals surface area contributed by atoms with Crippen molar-refractivity contribution >= 4 is 17.5 Å². The van der Waals surface area contributed by atoms with E-state index in [9.17, 15) is 4.79 Å². The number of carbonyl (C=O) groups is 1. The van der Waals surface area contributed by atoms with Crippen molar-refractivity contribution in [1.29, 1.82) is 0 Å². The Morgan fingerprint density at radius 3 is 2.55 bits per heavy atom. The number of halogens is 1. The topological polar surface area (TPSA) is 68.5 Å². The van der Waals surface area contributed by atoms with Gasteiger partial charge in [0.1, 0.15) is 5.75 Å². The minimum atomic E-state index is 0.00760. The molecule has 152 valence electrons. The number of rotatable bonds is 9. The Balaban J connectivity index is 1.56. The number of hydrogen-bond donors (Lipinski definition) is 0. The van der Waals surface area contributed by atoms with Crippen molar-refractivity contribution < 1.29 is 13.9 Å². The van der Waals surface area contributed by atoms with Crippen molar-refractivity contribution in [1.82, 2.24) is 15.1 Å². The zero-order chi connectivity index (χ0) is 20.6. The molecular weight excluding hydrogens is 390 g/mol. The summed E-state index contributed by atoms with van der Waals surface area (Å²) in [6, 6.07) is 16.9. The van der Waals surface area contributed by atoms with Gasteiger partial charge in [-0.2, -0.15) is 0 Å². The van der Waals surface area contributed by atoms with Gasteiger partial charge in [0.25, 0.3) is 0 Å². The van der Waals surface area contributed by atoms with Crippen LogP contribution in [0.1, 0.15) is 32.6 Å². The van der Waals surface area contributed by atoms with E-state index in [2.05, 4.69) is 10.2 Å². The Bertz CT molecular complexity index is 928. The molecule has 3 aromatic rings. The molecule has 2 aromatic carbocycles. The second-order valence-corrected chi connectivity index (χ2v) is 7.27. The van der Waals surface area contributed by atoms with Crippen LogP contribution in [0, 0.1) is 0 Å². The zero-order valence-electron chi connectivity index (χ0n) is 16.5. The molecular formula is C22H24ClN3O3. The summed E-state index contributed by atoms with van der Waals surface area (Å²) in [5.41, 5.74) is 0.674. The van der Waals surface area contributed by atoms with Crippen molar-refractivity contribution in [2.75, 3.05) is 6.61 Å². The van der Waals surface area contributed by atoms with E-state index in [0.717, 1.165) is 5.75 Å². The monoisotopic (exact) mass is 413 g/mol. The molecule has 1 heterocycles. The Labute approximate surface area is 175 Å². The third-order valence-electron chi connectivity index (χ3n) is 4.37. The van der Waals surface area contributed by atoms with Crippen LogP contribution in [0.4, 0.5) is 0 Å². The Morgan fingerprint density at radius 1 is 1.10 bits per heavy atom. The molecule has 1 aromatic heterocycles. The van der Waals surface area contributed by atoms with Crippen LogP contribution in [-0.2, 0) is 11.3 Å². The molecule has 0 saturated heterocycles. The Hall–Kier alpha value is -2.86. The number of carbonyl (C=O) groups excluding carboxylic acids is 1. The highest BCUT2D eigenvalue weighted by atomic mass is 35.5.